The van der Waals surface area contributed by atoms with Crippen molar-refractivity contribution in [3.8, 4) is 40.9 Å². The van der Waals surface area contributed by atoms with Gasteiger partial charge in [-0.3, -0.25) is 39.7 Å². The van der Waals surface area contributed by atoms with E-state index in [2.05, 4.69) is 45.2 Å². The predicted molar refractivity (Wildman–Crippen MR) is 384 cm³/mol. The van der Waals surface area contributed by atoms with Gasteiger partial charge in [0.2, 0.25) is 29.0 Å². The topological polar surface area (TPSA) is 428 Å². The van der Waals surface area contributed by atoms with Gasteiger partial charge in [0.15, 0.2) is 41.8 Å². The van der Waals surface area contributed by atoms with Crippen LogP contribution in [0.15, 0.2) is 35.1 Å². The summed E-state index contributed by atoms with van der Waals surface area (Å²) in [6, 6.07) is -1.67. The number of methoxy groups -OCH3 is 5. The van der Waals surface area contributed by atoms with Crippen molar-refractivity contribution in [3.05, 3.63) is 49.8 Å². The Balaban J connectivity index is 1.15. The minimum absolute atomic E-state index is 0.00206. The maximum absolute atomic E-state index is 14.6. The molecule has 3 amide bonds. The number of carbonyl (C=O) groups excluding carboxylic acids is 5. The van der Waals surface area contributed by atoms with Crippen molar-refractivity contribution in [2.45, 2.75) is 194 Å². The van der Waals surface area contributed by atoms with E-state index in [-0.39, 0.29) is 103 Å². The van der Waals surface area contributed by atoms with Gasteiger partial charge >= 0.3 is 6.09 Å². The Hall–Kier alpha value is -4.51. The van der Waals surface area contributed by atoms with Gasteiger partial charge in [-0.2, -0.15) is 5.48 Å². The molecule has 4 aliphatic heterocycles. The maximum atomic E-state index is 14.6. The zero-order valence-electron chi connectivity index (χ0n) is 59.6. The number of benzene rings is 1. The first kappa shape index (κ1) is 85.7. The molecule has 0 aromatic heterocycles. The van der Waals surface area contributed by atoms with Gasteiger partial charge in [0.05, 0.1) is 130 Å². The fourth-order valence-electron chi connectivity index (χ4n) is 12.3. The molecule has 32 nitrogen and oxygen atoms in total. The van der Waals surface area contributed by atoms with Crippen molar-refractivity contribution in [2.75, 3.05) is 101 Å². The molecule has 4 fully saturated rings. The molecule has 4 heterocycles. The largest absolute Gasteiger partial charge is 0.492 e. The molecular formula is C67H98IN7O25S3. The van der Waals surface area contributed by atoms with Gasteiger partial charge in [0.25, 0.3) is 0 Å². The van der Waals surface area contributed by atoms with E-state index in [1.165, 1.54) is 62.2 Å². The van der Waals surface area contributed by atoms with Crippen molar-refractivity contribution in [3.63, 3.8) is 0 Å². The van der Waals surface area contributed by atoms with Crippen LogP contribution in [0.2, 0.25) is 0 Å². The van der Waals surface area contributed by atoms with Crippen molar-refractivity contribution in [2.24, 2.45) is 11.6 Å². The second kappa shape index (κ2) is 40.6. The fraction of sp³-hybridized carbons (Fsp3) is 0.687. The highest BCUT2D eigenvalue weighted by Crippen LogP contribution is 2.49. The van der Waals surface area contributed by atoms with Crippen LogP contribution >= 0.6 is 55.9 Å². The molecule has 103 heavy (non-hydrogen) atoms. The number of ketones is 1. The number of rotatable bonds is 34. The molecule has 19 atom stereocenters. The van der Waals surface area contributed by atoms with Crippen LogP contribution in [0.5, 0.6) is 17.2 Å². The Kier molecular flexibility index (Phi) is 33.8. The van der Waals surface area contributed by atoms with Crippen LogP contribution in [-0.2, 0) is 71.3 Å². The summed E-state index contributed by atoms with van der Waals surface area (Å²) in [4.78, 5) is 75.9. The molecule has 13 N–H and O–H groups in total. The average molecular weight is 1620 g/mol. The molecule has 0 unspecified atom stereocenters. The molecule has 2 bridgehead atoms. The van der Waals surface area contributed by atoms with Crippen LogP contribution in [0.1, 0.15) is 83.1 Å². The van der Waals surface area contributed by atoms with E-state index in [9.17, 15) is 49.5 Å². The average Bonchev–Trinajstić information content (AvgIpc) is 0.755. The first-order chi connectivity index (χ1) is 49.1. The van der Waals surface area contributed by atoms with E-state index < -0.39 is 143 Å². The number of aliphatic hydroxyl groups is 5. The summed E-state index contributed by atoms with van der Waals surface area (Å²) in [6.07, 6.45) is -15.7. The lowest BCUT2D eigenvalue weighted by Crippen LogP contribution is -2.65. The monoisotopic (exact) mass is 1620 g/mol. The number of nitrogens with one attached hydrogen (secondary N) is 4. The Morgan fingerprint density at radius 1 is 0.854 bits per heavy atom. The molecule has 4 saturated heterocycles. The van der Waals surface area contributed by atoms with Crippen molar-refractivity contribution < 1.29 is 121 Å². The van der Waals surface area contributed by atoms with Crippen LogP contribution in [0, 0.1) is 34.2 Å². The number of hydrogen-bond acceptors (Lipinski definition) is 32. The van der Waals surface area contributed by atoms with Crippen LogP contribution in [0.4, 0.5) is 4.79 Å². The highest BCUT2D eigenvalue weighted by molar-refractivity contribution is 14.1. The van der Waals surface area contributed by atoms with Crippen molar-refractivity contribution in [1.29, 1.82) is 0 Å². The zero-order chi connectivity index (χ0) is 75.5. The molecule has 7 rings (SSSR count). The van der Waals surface area contributed by atoms with Crippen LogP contribution < -0.4 is 47.3 Å². The Labute approximate surface area is 625 Å². The zero-order valence-corrected chi connectivity index (χ0v) is 64.2. The van der Waals surface area contributed by atoms with Gasteiger partial charge in [-0.1, -0.05) is 70.0 Å². The number of hydrazine groups is 1. The number of amides is 3. The first-order valence-corrected chi connectivity index (χ1v) is 37.7. The Bertz CT molecular complexity index is 3290. The van der Waals surface area contributed by atoms with Gasteiger partial charge in [0.1, 0.15) is 36.6 Å². The second-order valence-corrected chi connectivity index (χ2v) is 30.5. The van der Waals surface area contributed by atoms with E-state index in [1.54, 1.807) is 33.8 Å². The van der Waals surface area contributed by atoms with E-state index in [0.29, 0.717) is 42.0 Å². The number of allylic oxidation sites excluding steroid dienone is 3. The van der Waals surface area contributed by atoms with Crippen LogP contribution in [0.3, 0.4) is 0 Å². The number of hydrogen-bond donors (Lipinski definition) is 11. The number of aliphatic hydroxyl groups excluding tert-OH is 4. The summed E-state index contributed by atoms with van der Waals surface area (Å²) in [5.41, 5.74) is 8.38. The molecule has 0 saturated carbocycles. The third-order valence-corrected chi connectivity index (χ3v) is 23.4. The lowest BCUT2D eigenvalue weighted by molar-refractivity contribution is -0.337. The predicted octanol–water partition coefficient (Wildman–Crippen LogP) is 0.898. The number of nitrogens with zero attached hydrogens (tertiary/aromatic N) is 1. The summed E-state index contributed by atoms with van der Waals surface area (Å²) in [6.45, 7) is 14.5. The van der Waals surface area contributed by atoms with Crippen molar-refractivity contribution in [1.82, 2.24) is 26.4 Å². The third-order valence-electron chi connectivity index (χ3n) is 17.6. The number of thioether (sulfide) groups is 1. The maximum Gasteiger partial charge on any atom is 0.411 e. The number of fused-ring (bicyclic) bond motifs is 2. The molecule has 36 heteroatoms. The summed E-state index contributed by atoms with van der Waals surface area (Å²) in [7, 11) is 9.32. The first-order valence-electron chi connectivity index (χ1n) is 33.4. The SMILES string of the molecule is CCN(CC(=O)NCCOCCOCCN)[C@H]1CO[C@@H](O[C@H]2[C@H](O[C@H]3C#CC=CC#C[C@]4(O)CC(=O)C(NC(=O)OC)=C3/C4=C\CSSC(C)(C)CC(=O)NN)O[C@H](C)[C@@H](NO[C@H]3C[C@H](O)[C@H](SC(=O)c4c(C)c(I)c(O[C@@H]5O[C@@H](C)[C@H](O)[C@@H](OC)[C@H]5O)c(OC)c4OC)[C@@H](C)O3)[C@@H]2O)C[C@@H]1OC. The highest BCUT2D eigenvalue weighted by Gasteiger charge is 2.53. The number of nitrogens with two attached hydrogens (primary N) is 2. The van der Waals surface area contributed by atoms with E-state index in [4.69, 9.17) is 82.7 Å². The summed E-state index contributed by atoms with van der Waals surface area (Å²) >= 11 is 2.78. The van der Waals surface area contributed by atoms with Gasteiger partial charge < -0.3 is 103 Å². The number of ether oxygens (including phenoxy) is 14. The number of halogens is 1. The number of alkyl carbamates (subject to hydrolysis) is 1. The molecule has 0 spiro atoms. The van der Waals surface area contributed by atoms with Gasteiger partial charge in [-0.25, -0.2) is 10.6 Å². The van der Waals surface area contributed by atoms with Crippen LogP contribution in [0.25, 0.3) is 0 Å². The van der Waals surface area contributed by atoms with Crippen molar-refractivity contribution >= 4 is 84.7 Å². The molecule has 1 aromatic rings. The smallest absolute Gasteiger partial charge is 0.411 e. The molecular weight excluding hydrogens is 1530 g/mol. The lowest BCUT2D eigenvalue weighted by Gasteiger charge is -2.47. The summed E-state index contributed by atoms with van der Waals surface area (Å²) < 4.78 is 83.8. The lowest BCUT2D eigenvalue weighted by atomic mass is 9.75. The fourth-order valence-corrected chi connectivity index (χ4v) is 16.5. The van der Waals surface area contributed by atoms with Gasteiger partial charge in [-0.05, 0) is 88.4 Å². The second-order valence-electron chi connectivity index (χ2n) is 25.3. The highest BCUT2D eigenvalue weighted by atomic mass is 127. The Morgan fingerprint density at radius 3 is 2.22 bits per heavy atom. The minimum atomic E-state index is -2.20. The Morgan fingerprint density at radius 2 is 1.56 bits per heavy atom. The number of Topliss-reactive ketones (excluding diaryl/α,β-unsaturated/α-hetero) is 1. The van der Waals surface area contributed by atoms with Gasteiger partial charge in [-0.15, -0.1) is 0 Å². The molecule has 2 aliphatic carbocycles. The standard InChI is InChI=1S/C67H98IN7O25S3/c1-13-75(32-45(79)71-22-24-92-26-25-91-23-21-69)39-33-93-46(29-43(39)86-8)98-59-54(81)51(35(3)95-64(59)97-42-18-16-14-15-17-20-67(85)30-41(77)52(72-65(84)90-12)49(42)38(67)19-27-101-103-66(6,7)31-44(78)73-70)74-100-47-28-40(76)61(37(5)94-47)102-62(83)48-34(2)50(68)57(60(89-11)56(48)87-9)99-63-55(82)58(88-10)53(80)36(4)96-63/h14-15,19,35-37,39-40,42-43,46-47,51,53-55,58-59,61,63-64,74,76,80-82,85H,13,21-33,69-70H2,1-12H3,(H,71,79)(H,72,84)(H,73,78)/b15-14?,38-19+/t35-,36+,37-,39+,40+,42+,43+,46+,47+,51-,53+,54+,55-,58-,59-,61-,63+,64+,67+/m1/s1. The van der Waals surface area contributed by atoms with E-state index >= 15 is 0 Å². The number of likely N-dealkylation sites (N-methyl/N-ethyl adjacent to an activating group) is 1. The third kappa shape index (κ3) is 22.3. The summed E-state index contributed by atoms with van der Waals surface area (Å²) in [5, 5.41) is 63.0. The molecule has 0 radical (unpaired) electrons. The summed E-state index contributed by atoms with van der Waals surface area (Å²) in [5.74, 6) is 15.7. The molecule has 576 valence electrons. The molecule has 6 aliphatic rings. The number of carbonyl (C=O) groups is 5. The molecule has 1 aromatic carbocycles. The quantitative estimate of drug-likeness (QED) is 0.00868. The number of hydroxylamine groups is 1. The minimum Gasteiger partial charge on any atom is -0.492 e. The van der Waals surface area contributed by atoms with E-state index in [0.717, 1.165) is 18.9 Å². The normalized spacial score (nSPS) is 31.3. The van der Waals surface area contributed by atoms with Crippen LogP contribution in [-0.4, -0.2) is 280 Å². The van der Waals surface area contributed by atoms with Gasteiger partial charge in [0, 0.05) is 68.2 Å². The van der Waals surface area contributed by atoms with E-state index in [1.807, 2.05) is 48.3 Å².